The normalized spacial score (nSPS) is 27.0. The summed E-state index contributed by atoms with van der Waals surface area (Å²) in [6.07, 6.45) is 2.34. The molecule has 0 aromatic carbocycles. The Morgan fingerprint density at radius 3 is 2.93 bits per heavy atom. The van der Waals surface area contributed by atoms with E-state index in [2.05, 4.69) is 16.0 Å². The lowest BCUT2D eigenvalue weighted by Crippen LogP contribution is -2.50. The van der Waals surface area contributed by atoms with Crippen molar-refractivity contribution >= 4 is 17.8 Å². The highest BCUT2D eigenvalue weighted by molar-refractivity contribution is 8.00. The monoisotopic (exact) mass is 215 g/mol. The molecule has 0 radical (unpaired) electrons. The Balaban J connectivity index is 1.57. The summed E-state index contributed by atoms with van der Waals surface area (Å²) >= 11 is 1.84. The summed E-state index contributed by atoms with van der Waals surface area (Å²) in [6, 6.07) is -0.00343. The van der Waals surface area contributed by atoms with Crippen molar-refractivity contribution in [2.75, 3.05) is 25.4 Å². The van der Waals surface area contributed by atoms with Crippen LogP contribution in [0, 0.1) is 5.92 Å². The van der Waals surface area contributed by atoms with Crippen molar-refractivity contribution in [2.45, 2.75) is 18.2 Å². The fourth-order valence-electron chi connectivity index (χ4n) is 1.62. The van der Waals surface area contributed by atoms with E-state index in [4.69, 9.17) is 0 Å². The van der Waals surface area contributed by atoms with Crippen molar-refractivity contribution in [3.8, 4) is 0 Å². The van der Waals surface area contributed by atoms with Gasteiger partial charge in [-0.2, -0.15) is 0 Å². The van der Waals surface area contributed by atoms with Gasteiger partial charge in [-0.3, -0.25) is 0 Å². The Bertz CT molecular complexity index is 202. The van der Waals surface area contributed by atoms with Crippen LogP contribution in [-0.2, 0) is 0 Å². The average Bonchev–Trinajstić information content (AvgIpc) is 2.54. The van der Waals surface area contributed by atoms with Crippen LogP contribution in [0.4, 0.5) is 4.79 Å². The molecule has 3 N–H and O–H groups in total. The van der Waals surface area contributed by atoms with Gasteiger partial charge in [-0.1, -0.05) is 0 Å². The largest absolute Gasteiger partial charge is 0.338 e. The van der Waals surface area contributed by atoms with Crippen LogP contribution in [0.15, 0.2) is 0 Å². The van der Waals surface area contributed by atoms with E-state index in [1.807, 2.05) is 11.8 Å². The standard InChI is InChI=1S/C9H17N3OS/c13-9(11-6-7-4-10-5-7)12-8-2-1-3-14-8/h7-8,10H,1-6H2,(H2,11,12,13). The zero-order chi connectivity index (χ0) is 9.80. The van der Waals surface area contributed by atoms with Gasteiger partial charge in [0.1, 0.15) is 0 Å². The number of nitrogens with one attached hydrogen (secondary N) is 3. The van der Waals surface area contributed by atoms with Gasteiger partial charge >= 0.3 is 6.03 Å². The lowest BCUT2D eigenvalue weighted by atomic mass is 10.0. The maximum absolute atomic E-state index is 11.4. The van der Waals surface area contributed by atoms with Gasteiger partial charge in [0.05, 0.1) is 5.37 Å². The molecule has 2 amide bonds. The first-order valence-corrected chi connectivity index (χ1v) is 6.26. The molecule has 2 saturated heterocycles. The predicted octanol–water partition coefficient (Wildman–Crippen LogP) is 0.358. The summed E-state index contributed by atoms with van der Waals surface area (Å²) in [5.41, 5.74) is 0. The molecule has 4 nitrogen and oxygen atoms in total. The summed E-state index contributed by atoms with van der Waals surface area (Å²) in [5, 5.41) is 9.41. The first-order valence-electron chi connectivity index (χ1n) is 5.21. The molecule has 0 aliphatic carbocycles. The van der Waals surface area contributed by atoms with E-state index in [1.165, 1.54) is 12.2 Å². The average molecular weight is 215 g/mol. The van der Waals surface area contributed by atoms with Gasteiger partial charge in [0.2, 0.25) is 0 Å². The van der Waals surface area contributed by atoms with Crippen LogP contribution in [0.5, 0.6) is 0 Å². The molecule has 80 valence electrons. The van der Waals surface area contributed by atoms with Crippen LogP contribution in [0.1, 0.15) is 12.8 Å². The summed E-state index contributed by atoms with van der Waals surface area (Å²) in [7, 11) is 0. The summed E-state index contributed by atoms with van der Waals surface area (Å²) in [4.78, 5) is 11.4. The second-order valence-electron chi connectivity index (χ2n) is 3.88. The minimum Gasteiger partial charge on any atom is -0.338 e. The molecule has 0 bridgehead atoms. The number of hydrogen-bond donors (Lipinski definition) is 3. The second kappa shape index (κ2) is 4.89. The molecule has 2 fully saturated rings. The highest BCUT2D eigenvalue weighted by atomic mass is 32.2. The molecular weight excluding hydrogens is 198 g/mol. The fourth-order valence-corrected chi connectivity index (χ4v) is 2.76. The third-order valence-corrected chi connectivity index (χ3v) is 3.92. The Morgan fingerprint density at radius 2 is 2.36 bits per heavy atom. The second-order valence-corrected chi connectivity index (χ2v) is 5.19. The third kappa shape index (κ3) is 2.78. The number of carbonyl (C=O) groups is 1. The number of thioether (sulfide) groups is 1. The quantitative estimate of drug-likeness (QED) is 0.637. The lowest BCUT2D eigenvalue weighted by molar-refractivity contribution is 0.234. The summed E-state index contributed by atoms with van der Waals surface area (Å²) in [5.74, 6) is 1.81. The Morgan fingerprint density at radius 1 is 1.50 bits per heavy atom. The van der Waals surface area contributed by atoms with Crippen LogP contribution < -0.4 is 16.0 Å². The molecule has 2 rings (SSSR count). The molecular formula is C9H17N3OS. The van der Waals surface area contributed by atoms with E-state index in [0.717, 1.165) is 26.1 Å². The predicted molar refractivity (Wildman–Crippen MR) is 58.4 cm³/mol. The van der Waals surface area contributed by atoms with E-state index in [-0.39, 0.29) is 6.03 Å². The molecule has 0 saturated carbocycles. The van der Waals surface area contributed by atoms with Gasteiger partial charge in [0.15, 0.2) is 0 Å². The van der Waals surface area contributed by atoms with E-state index in [9.17, 15) is 4.79 Å². The van der Waals surface area contributed by atoms with Crippen molar-refractivity contribution in [2.24, 2.45) is 5.92 Å². The molecule has 5 heteroatoms. The molecule has 0 spiro atoms. The molecule has 1 atom stereocenters. The van der Waals surface area contributed by atoms with Crippen LogP contribution in [0.3, 0.4) is 0 Å². The number of hydrogen-bond acceptors (Lipinski definition) is 3. The van der Waals surface area contributed by atoms with E-state index in [1.54, 1.807) is 0 Å². The zero-order valence-corrected chi connectivity index (χ0v) is 9.03. The van der Waals surface area contributed by atoms with Crippen molar-refractivity contribution in [3.05, 3.63) is 0 Å². The fraction of sp³-hybridized carbons (Fsp3) is 0.889. The van der Waals surface area contributed by atoms with Crippen LogP contribution >= 0.6 is 11.8 Å². The summed E-state index contributed by atoms with van der Waals surface area (Å²) < 4.78 is 0. The molecule has 1 unspecified atom stereocenters. The van der Waals surface area contributed by atoms with Crippen LogP contribution in [-0.4, -0.2) is 36.8 Å². The van der Waals surface area contributed by atoms with Gasteiger partial charge in [-0.05, 0) is 18.6 Å². The first-order chi connectivity index (χ1) is 6.84. The lowest BCUT2D eigenvalue weighted by Gasteiger charge is -2.27. The molecule has 0 aromatic rings. The van der Waals surface area contributed by atoms with Gasteiger partial charge in [-0.15, -0.1) is 11.8 Å². The van der Waals surface area contributed by atoms with Crippen molar-refractivity contribution < 1.29 is 4.79 Å². The van der Waals surface area contributed by atoms with Gasteiger partial charge in [0, 0.05) is 25.6 Å². The number of amides is 2. The SMILES string of the molecule is O=C(NCC1CNC1)NC1CCCS1. The van der Waals surface area contributed by atoms with E-state index < -0.39 is 0 Å². The third-order valence-electron chi connectivity index (χ3n) is 2.64. The Labute approximate surface area is 88.6 Å². The number of rotatable bonds is 3. The zero-order valence-electron chi connectivity index (χ0n) is 8.21. The van der Waals surface area contributed by atoms with Crippen molar-refractivity contribution in [1.82, 2.24) is 16.0 Å². The van der Waals surface area contributed by atoms with Crippen molar-refractivity contribution in [1.29, 1.82) is 0 Å². The smallest absolute Gasteiger partial charge is 0.315 e. The highest BCUT2D eigenvalue weighted by Crippen LogP contribution is 2.23. The summed E-state index contributed by atoms with van der Waals surface area (Å²) in [6.45, 7) is 2.88. The van der Waals surface area contributed by atoms with Gasteiger partial charge in [-0.25, -0.2) is 4.79 Å². The van der Waals surface area contributed by atoms with Crippen LogP contribution in [0.25, 0.3) is 0 Å². The number of carbonyl (C=O) groups excluding carboxylic acids is 1. The molecule has 14 heavy (non-hydrogen) atoms. The molecule has 2 aliphatic rings. The van der Waals surface area contributed by atoms with Gasteiger partial charge < -0.3 is 16.0 Å². The topological polar surface area (TPSA) is 53.2 Å². The first kappa shape index (κ1) is 10.1. The maximum Gasteiger partial charge on any atom is 0.315 e. The minimum absolute atomic E-state index is 0.00343. The molecule has 2 heterocycles. The van der Waals surface area contributed by atoms with Crippen molar-refractivity contribution in [3.63, 3.8) is 0 Å². The van der Waals surface area contributed by atoms with Gasteiger partial charge in [0.25, 0.3) is 0 Å². The van der Waals surface area contributed by atoms with E-state index in [0.29, 0.717) is 11.3 Å². The highest BCUT2D eigenvalue weighted by Gasteiger charge is 2.20. The van der Waals surface area contributed by atoms with Crippen LogP contribution in [0.2, 0.25) is 0 Å². The minimum atomic E-state index is -0.00343. The Hall–Kier alpha value is -0.420. The maximum atomic E-state index is 11.4. The number of urea groups is 1. The molecule has 0 aromatic heterocycles. The van der Waals surface area contributed by atoms with E-state index >= 15 is 0 Å². The Kier molecular flexibility index (Phi) is 3.53. The molecule has 2 aliphatic heterocycles.